The van der Waals surface area contributed by atoms with Gasteiger partial charge in [-0.15, -0.1) is 0 Å². The molecule has 0 aliphatic carbocycles. The van der Waals surface area contributed by atoms with Crippen LogP contribution >= 0.6 is 11.8 Å². The first-order valence-corrected chi connectivity index (χ1v) is 10.4. The van der Waals surface area contributed by atoms with Crippen molar-refractivity contribution in [2.24, 2.45) is 7.05 Å². The van der Waals surface area contributed by atoms with Gasteiger partial charge in [-0.05, 0) is 42.3 Å². The molecule has 0 radical (unpaired) electrons. The highest BCUT2D eigenvalue weighted by atomic mass is 32.2. The summed E-state index contributed by atoms with van der Waals surface area (Å²) in [7, 11) is 4.72. The number of nitrogens with zero attached hydrogens (tertiary/aromatic N) is 2. The molecular formula is C23H24N2O4S. The van der Waals surface area contributed by atoms with Crippen molar-refractivity contribution in [3.63, 3.8) is 0 Å². The van der Waals surface area contributed by atoms with E-state index in [1.54, 1.807) is 30.9 Å². The minimum Gasteiger partial charge on any atom is -0.497 e. The average Bonchev–Trinajstić information content (AvgIpc) is 2.78. The SMILES string of the molecule is COC(=O)c1cccc(CSc2nc(C)c(Cc3ccc(OC)cc3)c(=O)n2C)c1. The van der Waals surface area contributed by atoms with Gasteiger partial charge in [0.15, 0.2) is 5.16 Å². The number of aryl methyl sites for hydroxylation is 1. The molecule has 0 atom stereocenters. The van der Waals surface area contributed by atoms with E-state index in [1.165, 1.54) is 18.9 Å². The number of benzene rings is 2. The third kappa shape index (κ3) is 4.91. The minimum atomic E-state index is -0.369. The van der Waals surface area contributed by atoms with Crippen molar-refractivity contribution in [2.75, 3.05) is 14.2 Å². The second-order valence-corrected chi connectivity index (χ2v) is 7.77. The summed E-state index contributed by atoms with van der Waals surface area (Å²) in [5.74, 6) is 0.998. The van der Waals surface area contributed by atoms with Crippen molar-refractivity contribution < 1.29 is 14.3 Å². The third-order valence-electron chi connectivity index (χ3n) is 4.81. The van der Waals surface area contributed by atoms with E-state index in [4.69, 9.17) is 9.47 Å². The van der Waals surface area contributed by atoms with Crippen molar-refractivity contribution in [1.29, 1.82) is 0 Å². The van der Waals surface area contributed by atoms with E-state index in [2.05, 4.69) is 4.98 Å². The first-order chi connectivity index (χ1) is 14.4. The van der Waals surface area contributed by atoms with E-state index in [-0.39, 0.29) is 11.5 Å². The number of aromatic nitrogens is 2. The molecule has 7 heteroatoms. The number of carbonyl (C=O) groups excluding carboxylic acids is 1. The van der Waals surface area contributed by atoms with E-state index in [0.717, 1.165) is 22.6 Å². The number of ether oxygens (including phenoxy) is 2. The number of carbonyl (C=O) groups is 1. The summed E-state index contributed by atoms with van der Waals surface area (Å²) in [6.07, 6.45) is 0.515. The Morgan fingerprint density at radius 1 is 1.10 bits per heavy atom. The molecule has 0 amide bonds. The standard InChI is InChI=1S/C23H24N2O4S/c1-15-20(13-16-8-10-19(28-3)11-9-16)21(26)25(2)23(24-15)30-14-17-6-5-7-18(12-17)22(27)29-4/h5-12H,13-14H2,1-4H3. The fraction of sp³-hybridized carbons (Fsp3) is 0.261. The molecule has 0 unspecified atom stereocenters. The normalized spacial score (nSPS) is 10.7. The van der Waals surface area contributed by atoms with Crippen molar-refractivity contribution in [3.05, 3.63) is 86.8 Å². The monoisotopic (exact) mass is 424 g/mol. The highest BCUT2D eigenvalue weighted by Crippen LogP contribution is 2.22. The zero-order valence-electron chi connectivity index (χ0n) is 17.5. The Balaban J connectivity index is 1.79. The Bertz CT molecular complexity index is 1110. The molecule has 3 aromatic rings. The smallest absolute Gasteiger partial charge is 0.337 e. The molecule has 1 heterocycles. The van der Waals surface area contributed by atoms with Crippen molar-refractivity contribution >= 4 is 17.7 Å². The van der Waals surface area contributed by atoms with Gasteiger partial charge < -0.3 is 9.47 Å². The number of esters is 1. The van der Waals surface area contributed by atoms with Crippen LogP contribution in [0.1, 0.15) is 32.7 Å². The maximum atomic E-state index is 13.0. The molecule has 0 spiro atoms. The van der Waals surface area contributed by atoms with Crippen LogP contribution in [0.4, 0.5) is 0 Å². The lowest BCUT2D eigenvalue weighted by atomic mass is 10.1. The Morgan fingerprint density at radius 3 is 2.50 bits per heavy atom. The average molecular weight is 425 g/mol. The van der Waals surface area contributed by atoms with Crippen LogP contribution < -0.4 is 10.3 Å². The van der Waals surface area contributed by atoms with Crippen molar-refractivity contribution in [2.45, 2.75) is 24.3 Å². The van der Waals surface area contributed by atoms with Gasteiger partial charge in [-0.1, -0.05) is 36.0 Å². The number of methoxy groups -OCH3 is 2. The summed E-state index contributed by atoms with van der Waals surface area (Å²) in [6, 6.07) is 14.9. The maximum Gasteiger partial charge on any atom is 0.337 e. The van der Waals surface area contributed by atoms with Crippen LogP contribution in [0.5, 0.6) is 5.75 Å². The fourth-order valence-electron chi connectivity index (χ4n) is 3.06. The lowest BCUT2D eigenvalue weighted by Gasteiger charge is -2.12. The molecule has 0 saturated carbocycles. The fourth-order valence-corrected chi connectivity index (χ4v) is 4.02. The first kappa shape index (κ1) is 21.6. The first-order valence-electron chi connectivity index (χ1n) is 9.42. The highest BCUT2D eigenvalue weighted by molar-refractivity contribution is 7.98. The second-order valence-electron chi connectivity index (χ2n) is 6.83. The largest absolute Gasteiger partial charge is 0.497 e. The lowest BCUT2D eigenvalue weighted by Crippen LogP contribution is -2.25. The molecular weight excluding hydrogens is 400 g/mol. The number of hydrogen-bond acceptors (Lipinski definition) is 6. The number of rotatable bonds is 7. The molecule has 0 aliphatic heterocycles. The predicted octanol–water partition coefficient (Wildman–Crippen LogP) is 3.77. The van der Waals surface area contributed by atoms with Gasteiger partial charge >= 0.3 is 5.97 Å². The molecule has 0 saturated heterocycles. The minimum absolute atomic E-state index is 0.0517. The third-order valence-corrected chi connectivity index (χ3v) is 5.91. The number of thioether (sulfide) groups is 1. The Morgan fingerprint density at radius 2 is 1.83 bits per heavy atom. The molecule has 0 N–H and O–H groups in total. The molecule has 0 bridgehead atoms. The quantitative estimate of drug-likeness (QED) is 0.327. The van der Waals surface area contributed by atoms with Crippen LogP contribution in [0.15, 0.2) is 58.5 Å². The molecule has 3 rings (SSSR count). The van der Waals surface area contributed by atoms with E-state index >= 15 is 0 Å². The van der Waals surface area contributed by atoms with Gasteiger partial charge in [-0.2, -0.15) is 0 Å². The molecule has 30 heavy (non-hydrogen) atoms. The van der Waals surface area contributed by atoms with Gasteiger partial charge in [0.1, 0.15) is 5.75 Å². The van der Waals surface area contributed by atoms with Crippen molar-refractivity contribution in [1.82, 2.24) is 9.55 Å². The summed E-state index contributed by atoms with van der Waals surface area (Å²) in [4.78, 5) is 29.3. The summed E-state index contributed by atoms with van der Waals surface area (Å²) in [6.45, 7) is 1.86. The summed E-state index contributed by atoms with van der Waals surface area (Å²) < 4.78 is 11.5. The van der Waals surface area contributed by atoms with E-state index in [1.807, 2.05) is 43.3 Å². The van der Waals surface area contributed by atoms with E-state index in [0.29, 0.717) is 28.5 Å². The Hall–Kier alpha value is -3.06. The summed E-state index contributed by atoms with van der Waals surface area (Å²) in [5.41, 5.74) is 3.84. The van der Waals surface area contributed by atoms with Gasteiger partial charge in [0.2, 0.25) is 0 Å². The molecule has 2 aromatic carbocycles. The maximum absolute atomic E-state index is 13.0. The molecule has 0 aliphatic rings. The lowest BCUT2D eigenvalue weighted by molar-refractivity contribution is 0.0600. The highest BCUT2D eigenvalue weighted by Gasteiger charge is 2.14. The molecule has 156 valence electrons. The van der Waals surface area contributed by atoms with Gasteiger partial charge in [-0.3, -0.25) is 9.36 Å². The Labute approximate surface area is 179 Å². The van der Waals surface area contributed by atoms with Gasteiger partial charge in [0, 0.05) is 30.5 Å². The van der Waals surface area contributed by atoms with Gasteiger partial charge in [0.05, 0.1) is 19.8 Å². The zero-order chi connectivity index (χ0) is 21.7. The summed E-state index contributed by atoms with van der Waals surface area (Å²) >= 11 is 1.46. The Kier molecular flexibility index (Phi) is 6.95. The molecule has 6 nitrogen and oxygen atoms in total. The van der Waals surface area contributed by atoms with Crippen LogP contribution in [0, 0.1) is 6.92 Å². The van der Waals surface area contributed by atoms with Crippen molar-refractivity contribution in [3.8, 4) is 5.75 Å². The van der Waals surface area contributed by atoms with Crippen LogP contribution in [0.25, 0.3) is 0 Å². The molecule has 0 fully saturated rings. The zero-order valence-corrected chi connectivity index (χ0v) is 18.3. The van der Waals surface area contributed by atoms with Gasteiger partial charge in [0.25, 0.3) is 5.56 Å². The second kappa shape index (κ2) is 9.63. The van der Waals surface area contributed by atoms with Crippen LogP contribution in [-0.4, -0.2) is 29.7 Å². The van der Waals surface area contributed by atoms with Crippen LogP contribution in [0.3, 0.4) is 0 Å². The van der Waals surface area contributed by atoms with Crippen LogP contribution in [-0.2, 0) is 24.0 Å². The van der Waals surface area contributed by atoms with Gasteiger partial charge in [-0.25, -0.2) is 9.78 Å². The number of hydrogen-bond donors (Lipinski definition) is 0. The van der Waals surface area contributed by atoms with E-state index in [9.17, 15) is 9.59 Å². The molecule has 1 aromatic heterocycles. The van der Waals surface area contributed by atoms with Crippen LogP contribution in [0.2, 0.25) is 0 Å². The topological polar surface area (TPSA) is 70.4 Å². The summed E-state index contributed by atoms with van der Waals surface area (Å²) in [5, 5.41) is 0.638. The van der Waals surface area contributed by atoms with E-state index < -0.39 is 0 Å². The predicted molar refractivity (Wildman–Crippen MR) is 117 cm³/mol.